The summed E-state index contributed by atoms with van der Waals surface area (Å²) in [5.74, 6) is 1.16. The maximum atomic E-state index is 13.9. The number of aromatic nitrogens is 2. The number of carbonyl (C=O) groups excluding carboxylic acids is 1. The topological polar surface area (TPSA) is 76.0 Å². The molecular weight excluding hydrogens is 578 g/mol. The SMILES string of the molecule is CC12CCC(C/C1=N\N=C1\S/C(=C\c3cn(-c4ccccc4)nc3-c3ccc(Cl)cc3)C(=O)N1Cc1ccco1)C2(C)C. The number of hydrogen-bond donors (Lipinski definition) is 0. The summed E-state index contributed by atoms with van der Waals surface area (Å²) < 4.78 is 7.44. The number of thioether (sulfide) groups is 1. The van der Waals surface area contributed by atoms with E-state index in [-0.39, 0.29) is 23.3 Å². The third kappa shape index (κ3) is 4.86. The van der Waals surface area contributed by atoms with Crippen LogP contribution in [0.5, 0.6) is 0 Å². The average molecular weight is 610 g/mol. The number of para-hydroxylation sites is 1. The summed E-state index contributed by atoms with van der Waals surface area (Å²) in [6.45, 7) is 7.30. The van der Waals surface area contributed by atoms with Crippen LogP contribution < -0.4 is 0 Å². The van der Waals surface area contributed by atoms with Gasteiger partial charge in [-0.25, -0.2) is 4.68 Å². The van der Waals surface area contributed by atoms with Crippen molar-refractivity contribution in [3.63, 3.8) is 0 Å². The van der Waals surface area contributed by atoms with Crippen molar-refractivity contribution in [3.05, 3.63) is 100 Å². The predicted octanol–water partition coefficient (Wildman–Crippen LogP) is 8.46. The van der Waals surface area contributed by atoms with Gasteiger partial charge in [0.1, 0.15) is 5.76 Å². The van der Waals surface area contributed by atoms with Crippen molar-refractivity contribution in [1.82, 2.24) is 14.7 Å². The summed E-state index contributed by atoms with van der Waals surface area (Å²) in [5, 5.41) is 15.7. The molecule has 1 aliphatic heterocycles. The minimum absolute atomic E-state index is 0.0268. The molecule has 3 heterocycles. The van der Waals surface area contributed by atoms with Gasteiger partial charge in [0.15, 0.2) is 5.17 Å². The Labute approximate surface area is 260 Å². The molecule has 0 spiro atoms. The average Bonchev–Trinajstić information content (AvgIpc) is 3.80. The summed E-state index contributed by atoms with van der Waals surface area (Å²) in [4.78, 5) is 16.1. The maximum Gasteiger partial charge on any atom is 0.267 e. The van der Waals surface area contributed by atoms with E-state index in [0.717, 1.165) is 41.1 Å². The van der Waals surface area contributed by atoms with Crippen molar-refractivity contribution in [2.45, 2.75) is 46.6 Å². The van der Waals surface area contributed by atoms with Crippen LogP contribution in [0.1, 0.15) is 51.4 Å². The lowest BCUT2D eigenvalue weighted by Crippen LogP contribution is -2.32. The molecule has 2 bridgehead atoms. The molecule has 0 radical (unpaired) electrons. The molecule has 2 aromatic carbocycles. The number of nitrogens with zero attached hydrogens (tertiary/aromatic N) is 5. The van der Waals surface area contributed by atoms with E-state index < -0.39 is 0 Å². The summed E-state index contributed by atoms with van der Waals surface area (Å²) in [7, 11) is 0. The van der Waals surface area contributed by atoms with Gasteiger partial charge in [-0.3, -0.25) is 9.69 Å². The number of amides is 1. The van der Waals surface area contributed by atoms with Crippen molar-refractivity contribution in [3.8, 4) is 16.9 Å². The first-order valence-electron chi connectivity index (χ1n) is 14.5. The highest BCUT2D eigenvalue weighted by Crippen LogP contribution is 2.64. The normalized spacial score (nSPS) is 25.6. The molecule has 0 N–H and O–H groups in total. The van der Waals surface area contributed by atoms with Gasteiger partial charge in [0, 0.05) is 33.5 Å². The third-order valence-electron chi connectivity index (χ3n) is 9.72. The van der Waals surface area contributed by atoms with E-state index in [4.69, 9.17) is 31.3 Å². The summed E-state index contributed by atoms with van der Waals surface area (Å²) in [6, 6.07) is 21.2. The van der Waals surface area contributed by atoms with Crippen LogP contribution in [-0.2, 0) is 11.3 Å². The van der Waals surface area contributed by atoms with Crippen LogP contribution in [0, 0.1) is 16.7 Å². The van der Waals surface area contributed by atoms with Crippen LogP contribution in [0.4, 0.5) is 0 Å². The van der Waals surface area contributed by atoms with Gasteiger partial charge in [-0.15, -0.1) is 5.10 Å². The molecule has 7 rings (SSSR count). The van der Waals surface area contributed by atoms with Crippen LogP contribution in [0.25, 0.3) is 23.0 Å². The largest absolute Gasteiger partial charge is 0.467 e. The number of carbonyl (C=O) groups is 1. The van der Waals surface area contributed by atoms with E-state index >= 15 is 0 Å². The molecule has 43 heavy (non-hydrogen) atoms. The van der Waals surface area contributed by atoms with Gasteiger partial charge >= 0.3 is 0 Å². The second kappa shape index (κ2) is 10.7. The first-order chi connectivity index (χ1) is 20.7. The van der Waals surface area contributed by atoms with Gasteiger partial charge in [0.05, 0.1) is 29.1 Å². The van der Waals surface area contributed by atoms with Crippen molar-refractivity contribution in [2.75, 3.05) is 0 Å². The quantitative estimate of drug-likeness (QED) is 0.162. The van der Waals surface area contributed by atoms with Crippen LogP contribution in [0.15, 0.2) is 98.7 Å². The molecular formula is C34H32ClN5O2S. The number of rotatable bonds is 6. The van der Waals surface area contributed by atoms with Gasteiger partial charge in [-0.05, 0) is 84.8 Å². The van der Waals surface area contributed by atoms with Gasteiger partial charge in [-0.2, -0.15) is 10.2 Å². The second-order valence-corrected chi connectivity index (χ2v) is 13.7. The van der Waals surface area contributed by atoms with Gasteiger partial charge in [0.25, 0.3) is 5.91 Å². The molecule has 2 saturated carbocycles. The molecule has 7 nitrogen and oxygen atoms in total. The van der Waals surface area contributed by atoms with Crippen molar-refractivity contribution < 1.29 is 9.21 Å². The van der Waals surface area contributed by atoms with E-state index in [9.17, 15) is 4.79 Å². The minimum atomic E-state index is -0.144. The summed E-state index contributed by atoms with van der Waals surface area (Å²) in [5.41, 5.74) is 4.75. The van der Waals surface area contributed by atoms with Crippen LogP contribution in [0.3, 0.4) is 0 Å². The highest BCUT2D eigenvalue weighted by Gasteiger charge is 2.60. The Hall–Kier alpha value is -3.88. The third-order valence-corrected chi connectivity index (χ3v) is 11.0. The molecule has 2 aliphatic carbocycles. The van der Waals surface area contributed by atoms with Crippen LogP contribution >= 0.6 is 23.4 Å². The highest BCUT2D eigenvalue weighted by molar-refractivity contribution is 8.18. The van der Waals surface area contributed by atoms with E-state index in [1.807, 2.05) is 83.7 Å². The van der Waals surface area contributed by atoms with Gasteiger partial charge in [0.2, 0.25) is 0 Å². The fourth-order valence-corrected chi connectivity index (χ4v) is 7.69. The number of hydrogen-bond acceptors (Lipinski definition) is 6. The molecule has 2 aromatic heterocycles. The van der Waals surface area contributed by atoms with Crippen molar-refractivity contribution in [1.29, 1.82) is 0 Å². The Morgan fingerprint density at radius 3 is 2.53 bits per heavy atom. The molecule has 4 aromatic rings. The number of halogens is 1. The Bertz CT molecular complexity index is 1770. The molecule has 1 saturated heterocycles. The Balaban J connectivity index is 1.28. The van der Waals surface area contributed by atoms with Crippen LogP contribution in [0.2, 0.25) is 5.02 Å². The Kier molecular flexibility index (Phi) is 6.94. The zero-order valence-corrected chi connectivity index (χ0v) is 25.9. The minimum Gasteiger partial charge on any atom is -0.467 e. The molecule has 1 amide bonds. The lowest BCUT2D eigenvalue weighted by atomic mass is 9.70. The molecule has 3 fully saturated rings. The molecule has 2 atom stereocenters. The molecule has 3 aliphatic rings. The van der Waals surface area contributed by atoms with E-state index in [1.54, 1.807) is 11.2 Å². The smallest absolute Gasteiger partial charge is 0.267 e. The maximum absolute atomic E-state index is 13.9. The zero-order valence-electron chi connectivity index (χ0n) is 24.3. The first kappa shape index (κ1) is 27.9. The van der Waals surface area contributed by atoms with E-state index in [1.165, 1.54) is 18.2 Å². The number of fused-ring (bicyclic) bond motifs is 2. The summed E-state index contributed by atoms with van der Waals surface area (Å²) >= 11 is 7.52. The van der Waals surface area contributed by atoms with Gasteiger partial charge in [-0.1, -0.05) is 62.7 Å². The molecule has 9 heteroatoms. The lowest BCUT2D eigenvalue weighted by molar-refractivity contribution is -0.122. The molecule has 2 unspecified atom stereocenters. The predicted molar refractivity (Wildman–Crippen MR) is 173 cm³/mol. The fraction of sp³-hybridized carbons (Fsp3) is 0.294. The Morgan fingerprint density at radius 2 is 1.86 bits per heavy atom. The summed E-state index contributed by atoms with van der Waals surface area (Å²) in [6.07, 6.45) is 8.78. The lowest BCUT2D eigenvalue weighted by Gasteiger charge is -2.34. The van der Waals surface area contributed by atoms with Crippen molar-refractivity contribution >= 4 is 46.2 Å². The van der Waals surface area contributed by atoms with Gasteiger partial charge < -0.3 is 4.42 Å². The van der Waals surface area contributed by atoms with E-state index in [2.05, 4.69) is 20.8 Å². The number of benzene rings is 2. The standard InChI is InChI=1S/C34H32ClN5O2S/c1-33(2)24-15-16-34(33,3)29(19-24)36-37-32-39(21-27-10-7-17-42-27)31(41)28(43-32)18-23-20-40(26-8-5-4-6-9-26)38-30(23)22-11-13-25(35)14-12-22/h4-14,17-18,20,24H,15-16,19,21H2,1-3H3/b28-18-,36-29+,37-32+. The molecule has 218 valence electrons. The highest BCUT2D eigenvalue weighted by atomic mass is 35.5. The first-order valence-corrected chi connectivity index (χ1v) is 15.7. The number of furan rings is 1. The monoisotopic (exact) mass is 609 g/mol. The number of amidine groups is 1. The Morgan fingerprint density at radius 1 is 1.07 bits per heavy atom. The van der Waals surface area contributed by atoms with Crippen molar-refractivity contribution in [2.24, 2.45) is 27.0 Å². The fourth-order valence-electron chi connectivity index (χ4n) is 6.64. The van der Waals surface area contributed by atoms with E-state index in [0.29, 0.717) is 26.8 Å². The van der Waals surface area contributed by atoms with Crippen LogP contribution in [-0.4, -0.2) is 31.5 Å². The second-order valence-electron chi connectivity index (χ2n) is 12.2. The zero-order chi connectivity index (χ0) is 29.8.